The zero-order chi connectivity index (χ0) is 18.5. The number of nitrogens with one attached hydrogen (secondary N) is 2. The molecule has 5 rings (SSSR count). The van der Waals surface area contributed by atoms with E-state index >= 15 is 0 Å². The number of fused-ring (bicyclic) bond motifs is 2. The predicted octanol–water partition coefficient (Wildman–Crippen LogP) is 1.57. The summed E-state index contributed by atoms with van der Waals surface area (Å²) in [4.78, 5) is 17.6. The smallest absolute Gasteiger partial charge is 0.275 e. The van der Waals surface area contributed by atoms with Gasteiger partial charge in [-0.15, -0.1) is 0 Å². The highest BCUT2D eigenvalue weighted by atomic mass is 19.1. The minimum absolute atomic E-state index is 0.0357. The van der Waals surface area contributed by atoms with Crippen molar-refractivity contribution in [2.75, 3.05) is 33.2 Å². The van der Waals surface area contributed by atoms with Crippen LogP contribution in [0.3, 0.4) is 0 Å². The molecule has 3 atom stereocenters. The Labute approximate surface area is 157 Å². The van der Waals surface area contributed by atoms with Crippen LogP contribution in [-0.2, 0) is 13.0 Å². The molecule has 0 bridgehead atoms. The fourth-order valence-corrected chi connectivity index (χ4v) is 4.99. The maximum atomic E-state index is 13.9. The molecule has 3 aliphatic rings. The third-order valence-electron chi connectivity index (χ3n) is 6.34. The molecule has 3 aliphatic heterocycles. The van der Waals surface area contributed by atoms with E-state index in [0.29, 0.717) is 24.1 Å². The first-order chi connectivity index (χ1) is 13.1. The number of amides is 1. The lowest BCUT2D eigenvalue weighted by molar-refractivity contribution is 0.0705. The van der Waals surface area contributed by atoms with E-state index in [1.54, 1.807) is 12.1 Å². The third-order valence-corrected chi connectivity index (χ3v) is 6.34. The lowest BCUT2D eigenvalue weighted by atomic mass is 9.89. The van der Waals surface area contributed by atoms with Gasteiger partial charge >= 0.3 is 0 Å². The molecule has 0 saturated carbocycles. The van der Waals surface area contributed by atoms with E-state index in [1.165, 1.54) is 6.07 Å². The van der Waals surface area contributed by atoms with Crippen LogP contribution in [0.4, 0.5) is 4.39 Å². The number of hydrogen-bond donors (Lipinski definition) is 2. The second kappa shape index (κ2) is 6.42. The maximum absolute atomic E-state index is 13.9. The Morgan fingerprint density at radius 3 is 3.07 bits per heavy atom. The molecule has 1 aromatic carbocycles. The van der Waals surface area contributed by atoms with Crippen LogP contribution in [0.2, 0.25) is 0 Å². The molecule has 2 saturated heterocycles. The first-order valence-corrected chi connectivity index (χ1v) is 9.63. The SMILES string of the molecule is CN1CCc2[nH]nc(C(=O)N3C[C@@H]4CNC[C@@H]4[C@@H]3c3cccc(F)c3)c2C1. The molecule has 0 spiro atoms. The number of benzene rings is 1. The molecule has 2 N–H and O–H groups in total. The Morgan fingerprint density at radius 1 is 1.33 bits per heavy atom. The van der Waals surface area contributed by atoms with Crippen molar-refractivity contribution in [3.8, 4) is 0 Å². The van der Waals surface area contributed by atoms with Crippen LogP contribution in [0, 0.1) is 17.7 Å². The molecule has 142 valence electrons. The van der Waals surface area contributed by atoms with Crippen LogP contribution in [0.25, 0.3) is 0 Å². The average Bonchev–Trinajstić information content (AvgIpc) is 3.34. The van der Waals surface area contributed by atoms with Crippen LogP contribution in [-0.4, -0.2) is 59.1 Å². The van der Waals surface area contributed by atoms with Crippen molar-refractivity contribution in [2.24, 2.45) is 11.8 Å². The number of carbonyl (C=O) groups is 1. The fraction of sp³-hybridized carbons (Fsp3) is 0.500. The molecule has 27 heavy (non-hydrogen) atoms. The molecule has 2 aromatic rings. The minimum Gasteiger partial charge on any atom is -0.330 e. The highest BCUT2D eigenvalue weighted by Gasteiger charge is 2.47. The summed E-state index contributed by atoms with van der Waals surface area (Å²) < 4.78 is 13.9. The fourth-order valence-electron chi connectivity index (χ4n) is 4.99. The Kier molecular flexibility index (Phi) is 4.02. The molecule has 0 unspecified atom stereocenters. The van der Waals surface area contributed by atoms with Gasteiger partial charge in [0, 0.05) is 56.3 Å². The van der Waals surface area contributed by atoms with Crippen LogP contribution >= 0.6 is 0 Å². The molecular formula is C20H24FN5O. The van der Waals surface area contributed by atoms with Crippen molar-refractivity contribution in [1.82, 2.24) is 25.3 Å². The molecule has 1 amide bonds. The van der Waals surface area contributed by atoms with Gasteiger partial charge in [0.15, 0.2) is 5.69 Å². The third kappa shape index (κ3) is 2.76. The predicted molar refractivity (Wildman–Crippen MR) is 98.7 cm³/mol. The maximum Gasteiger partial charge on any atom is 0.275 e. The van der Waals surface area contributed by atoms with Crippen molar-refractivity contribution < 1.29 is 9.18 Å². The van der Waals surface area contributed by atoms with Gasteiger partial charge in [0.05, 0.1) is 6.04 Å². The molecule has 7 heteroatoms. The van der Waals surface area contributed by atoms with Gasteiger partial charge in [-0.25, -0.2) is 4.39 Å². The zero-order valence-corrected chi connectivity index (χ0v) is 15.4. The number of aromatic amines is 1. The number of rotatable bonds is 2. The first-order valence-electron chi connectivity index (χ1n) is 9.63. The lowest BCUT2D eigenvalue weighted by Crippen LogP contribution is -2.36. The van der Waals surface area contributed by atoms with Gasteiger partial charge < -0.3 is 15.1 Å². The number of likely N-dealkylation sites (N-methyl/N-ethyl adjacent to an activating group) is 1. The number of H-pyrrole nitrogens is 1. The van der Waals surface area contributed by atoms with E-state index < -0.39 is 0 Å². The van der Waals surface area contributed by atoms with Crippen molar-refractivity contribution in [3.63, 3.8) is 0 Å². The summed E-state index contributed by atoms with van der Waals surface area (Å²) in [5.41, 5.74) is 3.49. The van der Waals surface area contributed by atoms with Crippen LogP contribution in [0.5, 0.6) is 0 Å². The van der Waals surface area contributed by atoms with Gasteiger partial charge in [-0.1, -0.05) is 12.1 Å². The Hall–Kier alpha value is -2.25. The largest absolute Gasteiger partial charge is 0.330 e. The van der Waals surface area contributed by atoms with Crippen LogP contribution in [0.1, 0.15) is 33.4 Å². The van der Waals surface area contributed by atoms with Gasteiger partial charge in [0.25, 0.3) is 5.91 Å². The molecule has 1 aromatic heterocycles. The highest BCUT2D eigenvalue weighted by Crippen LogP contribution is 2.43. The summed E-state index contributed by atoms with van der Waals surface area (Å²) in [7, 11) is 2.06. The summed E-state index contributed by atoms with van der Waals surface area (Å²) >= 11 is 0. The minimum atomic E-state index is -0.256. The first kappa shape index (κ1) is 16.9. The second-order valence-corrected chi connectivity index (χ2v) is 8.06. The number of nitrogens with zero attached hydrogens (tertiary/aromatic N) is 3. The standard InChI is InChI=1S/C20H24FN5O/c1-25-6-5-17-16(11-25)18(24-23-17)20(27)26-10-13-8-22-9-15(13)19(26)12-3-2-4-14(21)7-12/h2-4,7,13,15,19,22H,5-6,8-11H2,1H3,(H,23,24)/t13-,15-,19-/m0/s1. The summed E-state index contributed by atoms with van der Waals surface area (Å²) in [6, 6.07) is 6.58. The molecule has 4 heterocycles. The van der Waals surface area contributed by atoms with Crippen molar-refractivity contribution in [2.45, 2.75) is 19.0 Å². The monoisotopic (exact) mass is 369 g/mol. The highest BCUT2D eigenvalue weighted by molar-refractivity contribution is 5.94. The average molecular weight is 369 g/mol. The number of likely N-dealkylation sites (tertiary alicyclic amines) is 1. The van der Waals surface area contributed by atoms with Crippen molar-refractivity contribution in [1.29, 1.82) is 0 Å². The van der Waals surface area contributed by atoms with E-state index in [-0.39, 0.29) is 17.8 Å². The van der Waals surface area contributed by atoms with E-state index in [2.05, 4.69) is 27.5 Å². The Bertz CT molecular complexity index is 881. The van der Waals surface area contributed by atoms with E-state index in [9.17, 15) is 9.18 Å². The summed E-state index contributed by atoms with van der Waals surface area (Å²) in [6.07, 6.45) is 0.884. The van der Waals surface area contributed by atoms with Gasteiger partial charge in [-0.3, -0.25) is 9.89 Å². The van der Waals surface area contributed by atoms with Gasteiger partial charge in [-0.2, -0.15) is 5.10 Å². The van der Waals surface area contributed by atoms with E-state index in [1.807, 2.05) is 11.0 Å². The summed E-state index contributed by atoms with van der Waals surface area (Å²) in [5, 5.41) is 10.9. The zero-order valence-electron chi connectivity index (χ0n) is 15.4. The van der Waals surface area contributed by atoms with Crippen LogP contribution < -0.4 is 5.32 Å². The Balaban J connectivity index is 1.51. The lowest BCUT2D eigenvalue weighted by Gasteiger charge is -2.29. The van der Waals surface area contributed by atoms with E-state index in [4.69, 9.17) is 0 Å². The van der Waals surface area contributed by atoms with E-state index in [0.717, 1.165) is 49.4 Å². The van der Waals surface area contributed by atoms with Crippen molar-refractivity contribution in [3.05, 3.63) is 52.6 Å². The molecule has 6 nitrogen and oxygen atoms in total. The Morgan fingerprint density at radius 2 is 2.22 bits per heavy atom. The van der Waals surface area contributed by atoms with Gasteiger partial charge in [0.2, 0.25) is 0 Å². The summed E-state index contributed by atoms with van der Waals surface area (Å²) in [5.74, 6) is 0.424. The molecule has 2 fully saturated rings. The molecule has 0 aliphatic carbocycles. The molecular weight excluding hydrogens is 345 g/mol. The number of carbonyl (C=O) groups excluding carboxylic acids is 1. The quantitative estimate of drug-likeness (QED) is 0.844. The number of aromatic nitrogens is 2. The normalized spacial score (nSPS) is 27.6. The van der Waals surface area contributed by atoms with Gasteiger partial charge in [0.1, 0.15) is 5.82 Å². The topological polar surface area (TPSA) is 64.3 Å². The summed E-state index contributed by atoms with van der Waals surface area (Å²) in [6.45, 7) is 4.15. The van der Waals surface area contributed by atoms with Crippen molar-refractivity contribution >= 4 is 5.91 Å². The number of halogens is 1. The second-order valence-electron chi connectivity index (χ2n) is 8.06. The molecule has 0 radical (unpaired) electrons. The van der Waals surface area contributed by atoms with Crippen LogP contribution in [0.15, 0.2) is 24.3 Å². The number of hydrogen-bond acceptors (Lipinski definition) is 4. The van der Waals surface area contributed by atoms with Gasteiger partial charge in [-0.05, 0) is 30.7 Å².